The number of carbonyl (C=O) groups excluding carboxylic acids is 1. The average molecular weight is 267 g/mol. The van der Waals surface area contributed by atoms with Crippen LogP contribution in [0.4, 0.5) is 0 Å². The molecule has 0 amide bonds. The Kier molecular flexibility index (Phi) is 2.09. The molecule has 1 heterocycles. The maximum Gasteiger partial charge on any atom is 0.164 e. The molecule has 2 nitrogen and oxygen atoms in total. The fraction of sp³-hybridized carbons (Fsp3) is 0.417. The van der Waals surface area contributed by atoms with Crippen LogP contribution in [0.5, 0.6) is 5.75 Å². The Morgan fingerprint density at radius 1 is 1.27 bits per heavy atom. The fourth-order valence-corrected chi connectivity index (χ4v) is 3.20. The highest BCUT2D eigenvalue weighted by Crippen LogP contribution is 2.40. The molecule has 3 rings (SSSR count). The molecule has 0 N–H and O–H groups in total. The van der Waals surface area contributed by atoms with Gasteiger partial charge in [-0.25, -0.2) is 0 Å². The second kappa shape index (κ2) is 3.34. The summed E-state index contributed by atoms with van der Waals surface area (Å²) in [6, 6.07) is 2.05. The first-order chi connectivity index (χ1) is 7.27. The minimum atomic E-state index is 0.251. The lowest BCUT2D eigenvalue weighted by atomic mass is 9.88. The van der Waals surface area contributed by atoms with Crippen molar-refractivity contribution in [1.29, 1.82) is 0 Å². The molecule has 78 valence electrons. The third-order valence-electron chi connectivity index (χ3n) is 3.13. The normalized spacial score (nSPS) is 18.3. The van der Waals surface area contributed by atoms with E-state index in [4.69, 9.17) is 4.74 Å². The van der Waals surface area contributed by atoms with E-state index in [-0.39, 0.29) is 5.78 Å². The van der Waals surface area contributed by atoms with E-state index < -0.39 is 0 Å². The lowest BCUT2D eigenvalue weighted by Gasteiger charge is -2.19. The molecule has 1 aliphatic heterocycles. The fourth-order valence-electron chi connectivity index (χ4n) is 2.46. The zero-order chi connectivity index (χ0) is 10.4. The number of carbonyl (C=O) groups is 1. The molecule has 1 aliphatic carbocycles. The number of hydrogen-bond donors (Lipinski definition) is 0. The van der Waals surface area contributed by atoms with Crippen molar-refractivity contribution in [3.8, 4) is 5.75 Å². The largest absolute Gasteiger partial charge is 0.493 e. The van der Waals surface area contributed by atoms with Crippen molar-refractivity contribution in [3.63, 3.8) is 0 Å². The Hall–Kier alpha value is -0.830. The Morgan fingerprint density at radius 2 is 2.13 bits per heavy atom. The van der Waals surface area contributed by atoms with Crippen LogP contribution in [0.2, 0.25) is 0 Å². The van der Waals surface area contributed by atoms with E-state index >= 15 is 0 Å². The van der Waals surface area contributed by atoms with Crippen LogP contribution in [0, 0.1) is 0 Å². The number of benzene rings is 1. The molecular weight excluding hydrogens is 256 g/mol. The predicted molar refractivity (Wildman–Crippen MR) is 60.6 cm³/mol. The summed E-state index contributed by atoms with van der Waals surface area (Å²) in [5.74, 6) is 1.24. The maximum atomic E-state index is 11.8. The van der Waals surface area contributed by atoms with Crippen LogP contribution >= 0.6 is 15.9 Å². The number of halogens is 1. The van der Waals surface area contributed by atoms with E-state index in [9.17, 15) is 4.79 Å². The Labute approximate surface area is 96.8 Å². The van der Waals surface area contributed by atoms with Gasteiger partial charge in [-0.1, -0.05) is 15.9 Å². The van der Waals surface area contributed by atoms with E-state index in [0.717, 1.165) is 47.2 Å². The lowest BCUT2D eigenvalue weighted by molar-refractivity contribution is 0.0971. The van der Waals surface area contributed by atoms with Crippen molar-refractivity contribution in [3.05, 3.63) is 27.2 Å². The molecule has 0 atom stereocenters. The van der Waals surface area contributed by atoms with Crippen LogP contribution in [0.1, 0.15) is 34.3 Å². The Morgan fingerprint density at radius 3 is 3.00 bits per heavy atom. The van der Waals surface area contributed by atoms with Gasteiger partial charge in [-0.15, -0.1) is 0 Å². The molecule has 3 heteroatoms. The molecule has 0 saturated carbocycles. The summed E-state index contributed by atoms with van der Waals surface area (Å²) in [6.07, 6.45) is 3.57. The molecule has 0 bridgehead atoms. The highest BCUT2D eigenvalue weighted by atomic mass is 79.9. The summed E-state index contributed by atoms with van der Waals surface area (Å²) in [5.41, 5.74) is 3.24. The molecule has 2 aliphatic rings. The minimum Gasteiger partial charge on any atom is -0.493 e. The van der Waals surface area contributed by atoms with Gasteiger partial charge in [0.05, 0.1) is 6.61 Å². The molecule has 0 radical (unpaired) electrons. The zero-order valence-electron chi connectivity index (χ0n) is 8.31. The number of hydrogen-bond acceptors (Lipinski definition) is 2. The molecule has 0 unspecified atom stereocenters. The van der Waals surface area contributed by atoms with Gasteiger partial charge in [0.25, 0.3) is 0 Å². The monoisotopic (exact) mass is 266 g/mol. The zero-order valence-corrected chi connectivity index (χ0v) is 9.89. The number of rotatable bonds is 0. The van der Waals surface area contributed by atoms with Gasteiger partial charge in [-0.05, 0) is 24.5 Å². The second-order valence-corrected chi connectivity index (χ2v) is 4.93. The van der Waals surface area contributed by atoms with Gasteiger partial charge in [-0.3, -0.25) is 4.79 Å². The third kappa shape index (κ3) is 1.33. The van der Waals surface area contributed by atoms with Crippen molar-refractivity contribution in [1.82, 2.24) is 0 Å². The summed E-state index contributed by atoms with van der Waals surface area (Å²) in [4.78, 5) is 11.8. The van der Waals surface area contributed by atoms with E-state index in [1.807, 2.05) is 6.07 Å². The second-order valence-electron chi connectivity index (χ2n) is 4.08. The number of ether oxygens (including phenoxy) is 1. The predicted octanol–water partition coefficient (Wildman–Crippen LogP) is 2.90. The van der Waals surface area contributed by atoms with Crippen molar-refractivity contribution in [2.24, 2.45) is 0 Å². The van der Waals surface area contributed by atoms with Gasteiger partial charge in [0.15, 0.2) is 5.78 Å². The first-order valence-corrected chi connectivity index (χ1v) is 6.07. The van der Waals surface area contributed by atoms with Gasteiger partial charge >= 0.3 is 0 Å². The van der Waals surface area contributed by atoms with Gasteiger partial charge < -0.3 is 4.74 Å². The topological polar surface area (TPSA) is 26.3 Å². The van der Waals surface area contributed by atoms with Gasteiger partial charge in [0.2, 0.25) is 0 Å². The average Bonchev–Trinajstić information content (AvgIpc) is 2.65. The maximum absolute atomic E-state index is 11.8. The van der Waals surface area contributed by atoms with Gasteiger partial charge in [-0.2, -0.15) is 0 Å². The molecule has 1 aromatic carbocycles. The van der Waals surface area contributed by atoms with Gasteiger partial charge in [0, 0.05) is 28.4 Å². The number of fused-ring (bicyclic) bond motifs is 3. The third-order valence-corrected chi connectivity index (χ3v) is 3.76. The highest BCUT2D eigenvalue weighted by Gasteiger charge is 2.27. The lowest BCUT2D eigenvalue weighted by Crippen LogP contribution is -2.12. The molecule has 0 saturated heterocycles. The molecule has 0 aromatic heterocycles. The molecule has 0 spiro atoms. The van der Waals surface area contributed by atoms with E-state index in [1.54, 1.807) is 0 Å². The Balaban J connectivity index is 2.28. The molecular formula is C12H11BrO2. The first-order valence-electron chi connectivity index (χ1n) is 5.27. The summed E-state index contributed by atoms with van der Waals surface area (Å²) in [6.45, 7) is 0.756. The summed E-state index contributed by atoms with van der Waals surface area (Å²) in [7, 11) is 0. The van der Waals surface area contributed by atoms with E-state index in [0.29, 0.717) is 6.42 Å². The Bertz CT molecular complexity index is 451. The van der Waals surface area contributed by atoms with Crippen LogP contribution in [0.25, 0.3) is 0 Å². The van der Waals surface area contributed by atoms with Crippen LogP contribution in [0.15, 0.2) is 10.5 Å². The van der Waals surface area contributed by atoms with Gasteiger partial charge in [0.1, 0.15) is 5.75 Å². The SMILES string of the molecule is O=C1CCCc2c3c(cc(Br)c21)CCO3. The van der Waals surface area contributed by atoms with Crippen molar-refractivity contribution in [2.75, 3.05) is 6.61 Å². The summed E-state index contributed by atoms with van der Waals surface area (Å²) >= 11 is 3.50. The highest BCUT2D eigenvalue weighted by molar-refractivity contribution is 9.10. The van der Waals surface area contributed by atoms with E-state index in [2.05, 4.69) is 15.9 Å². The van der Waals surface area contributed by atoms with Crippen LogP contribution < -0.4 is 4.74 Å². The molecule has 0 fully saturated rings. The standard InChI is InChI=1S/C12H11BrO2/c13-9-6-7-4-5-15-12(7)8-2-1-3-10(14)11(8)9/h6H,1-5H2. The van der Waals surface area contributed by atoms with Crippen molar-refractivity contribution >= 4 is 21.7 Å². The smallest absolute Gasteiger partial charge is 0.164 e. The summed E-state index contributed by atoms with van der Waals surface area (Å²) < 4.78 is 6.58. The number of Topliss-reactive ketones (excluding diaryl/α,β-unsaturated/α-hetero) is 1. The van der Waals surface area contributed by atoms with Crippen molar-refractivity contribution < 1.29 is 9.53 Å². The van der Waals surface area contributed by atoms with Crippen LogP contribution in [-0.4, -0.2) is 12.4 Å². The van der Waals surface area contributed by atoms with Crippen LogP contribution in [0.3, 0.4) is 0 Å². The van der Waals surface area contributed by atoms with Crippen LogP contribution in [-0.2, 0) is 12.8 Å². The molecule has 1 aromatic rings. The minimum absolute atomic E-state index is 0.251. The molecule has 15 heavy (non-hydrogen) atoms. The first kappa shape index (κ1) is 9.40. The number of ketones is 1. The summed E-state index contributed by atoms with van der Waals surface area (Å²) in [5, 5.41) is 0. The van der Waals surface area contributed by atoms with E-state index in [1.165, 1.54) is 5.56 Å². The van der Waals surface area contributed by atoms with Crippen molar-refractivity contribution in [2.45, 2.75) is 25.7 Å². The quantitative estimate of drug-likeness (QED) is 0.722.